The molecule has 2 heterocycles. The molecule has 0 amide bonds. The largest absolute Gasteiger partial charge is 0.487 e. The summed E-state index contributed by atoms with van der Waals surface area (Å²) < 4.78 is 31.9. The monoisotopic (exact) mass is 478 g/mol. The van der Waals surface area contributed by atoms with Crippen LogP contribution in [0.5, 0.6) is 5.75 Å². The lowest BCUT2D eigenvalue weighted by molar-refractivity contribution is -0.0608. The number of nitrogens with one attached hydrogen (secondary N) is 1. The topological polar surface area (TPSA) is 78.9 Å². The van der Waals surface area contributed by atoms with Crippen molar-refractivity contribution in [1.29, 1.82) is 0 Å². The first-order valence-electron chi connectivity index (χ1n) is 11.1. The van der Waals surface area contributed by atoms with Crippen LogP contribution < -0.4 is 9.46 Å². The molecule has 1 fully saturated rings. The zero-order valence-electron chi connectivity index (χ0n) is 18.3. The number of ether oxygens (including phenoxy) is 1. The molecule has 2 aromatic carbocycles. The van der Waals surface area contributed by atoms with Crippen LogP contribution in [0.15, 0.2) is 42.5 Å². The van der Waals surface area contributed by atoms with Gasteiger partial charge in [-0.2, -0.15) is 0 Å². The molecule has 2 atom stereocenters. The highest BCUT2D eigenvalue weighted by atomic mass is 35.5. The number of anilines is 1. The highest BCUT2D eigenvalue weighted by Gasteiger charge is 2.44. The van der Waals surface area contributed by atoms with Gasteiger partial charge in [0.1, 0.15) is 11.4 Å². The molecule has 8 heteroatoms. The SMILES string of the molecule is CS(=O)(=O)Nc1ccc2c(c1)C(O)CC1(CCN(C3CCc4ccccc4C3)CC1)O2.Cl. The quantitative estimate of drug-likeness (QED) is 0.703. The zero-order valence-corrected chi connectivity index (χ0v) is 19.9. The number of piperidine rings is 1. The van der Waals surface area contributed by atoms with Gasteiger partial charge < -0.3 is 9.84 Å². The van der Waals surface area contributed by atoms with Gasteiger partial charge >= 0.3 is 0 Å². The fourth-order valence-corrected chi connectivity index (χ4v) is 6.06. The lowest BCUT2D eigenvalue weighted by Crippen LogP contribution is -2.53. The summed E-state index contributed by atoms with van der Waals surface area (Å²) in [6.45, 7) is 1.95. The molecule has 0 radical (unpaired) electrons. The van der Waals surface area contributed by atoms with E-state index < -0.39 is 16.1 Å². The van der Waals surface area contributed by atoms with Gasteiger partial charge in [0.2, 0.25) is 10.0 Å². The third-order valence-electron chi connectivity index (χ3n) is 7.11. The lowest BCUT2D eigenvalue weighted by Gasteiger charge is -2.48. The maximum absolute atomic E-state index is 11.5. The van der Waals surface area contributed by atoms with Gasteiger partial charge in [-0.1, -0.05) is 24.3 Å². The Bertz CT molecular complexity index is 1080. The van der Waals surface area contributed by atoms with Crippen LogP contribution >= 0.6 is 12.4 Å². The van der Waals surface area contributed by atoms with Gasteiger partial charge in [-0.05, 0) is 61.4 Å². The van der Waals surface area contributed by atoms with Crippen LogP contribution in [0.3, 0.4) is 0 Å². The number of rotatable bonds is 3. The molecule has 2 unspecified atom stereocenters. The maximum atomic E-state index is 11.5. The van der Waals surface area contributed by atoms with Crippen molar-refractivity contribution in [2.24, 2.45) is 0 Å². The number of likely N-dealkylation sites (tertiary alicyclic amines) is 1. The summed E-state index contributed by atoms with van der Waals surface area (Å²) >= 11 is 0. The molecule has 1 spiro atoms. The minimum absolute atomic E-state index is 0. The first-order chi connectivity index (χ1) is 14.8. The molecule has 0 bridgehead atoms. The number of hydrogen-bond acceptors (Lipinski definition) is 5. The average Bonchev–Trinajstić information content (AvgIpc) is 2.73. The Morgan fingerprint density at radius 1 is 1.12 bits per heavy atom. The Kier molecular flexibility index (Phi) is 6.47. The summed E-state index contributed by atoms with van der Waals surface area (Å²) in [6, 6.07) is 14.5. The van der Waals surface area contributed by atoms with Gasteiger partial charge in [0, 0.05) is 36.8 Å². The average molecular weight is 479 g/mol. The van der Waals surface area contributed by atoms with E-state index in [2.05, 4.69) is 33.9 Å². The van der Waals surface area contributed by atoms with Crippen LogP contribution in [0.1, 0.15) is 48.5 Å². The van der Waals surface area contributed by atoms with Crippen molar-refractivity contribution in [1.82, 2.24) is 4.90 Å². The smallest absolute Gasteiger partial charge is 0.229 e. The second-order valence-corrected chi connectivity index (χ2v) is 11.1. The van der Waals surface area contributed by atoms with Crippen LogP contribution in [-0.4, -0.2) is 49.4 Å². The van der Waals surface area contributed by atoms with Crippen LogP contribution in [0.25, 0.3) is 0 Å². The maximum Gasteiger partial charge on any atom is 0.229 e. The highest BCUT2D eigenvalue weighted by Crippen LogP contribution is 2.45. The van der Waals surface area contributed by atoms with E-state index in [1.807, 2.05) is 0 Å². The van der Waals surface area contributed by atoms with E-state index in [-0.39, 0.29) is 18.0 Å². The van der Waals surface area contributed by atoms with Crippen molar-refractivity contribution in [3.63, 3.8) is 0 Å². The molecule has 0 aromatic heterocycles. The van der Waals surface area contributed by atoms with Crippen molar-refractivity contribution in [2.75, 3.05) is 24.1 Å². The molecule has 0 saturated carbocycles. The third-order valence-corrected chi connectivity index (χ3v) is 7.72. The van der Waals surface area contributed by atoms with Crippen molar-refractivity contribution in [2.45, 2.75) is 56.3 Å². The normalized spacial score (nSPS) is 24.6. The zero-order chi connectivity index (χ0) is 21.6. The second-order valence-electron chi connectivity index (χ2n) is 9.33. The number of fused-ring (bicyclic) bond motifs is 2. The summed E-state index contributed by atoms with van der Waals surface area (Å²) in [6.07, 6.45) is 6.26. The summed E-state index contributed by atoms with van der Waals surface area (Å²) in [7, 11) is -3.36. The summed E-state index contributed by atoms with van der Waals surface area (Å²) in [4.78, 5) is 2.60. The summed E-state index contributed by atoms with van der Waals surface area (Å²) in [5.74, 6) is 0.665. The first kappa shape index (κ1) is 23.4. The van der Waals surface area contributed by atoms with Gasteiger partial charge in [0.05, 0.1) is 12.4 Å². The predicted octanol–water partition coefficient (Wildman–Crippen LogP) is 3.69. The van der Waals surface area contributed by atoms with Crippen LogP contribution in [0, 0.1) is 0 Å². The van der Waals surface area contributed by atoms with Crippen molar-refractivity contribution in [3.05, 3.63) is 59.2 Å². The lowest BCUT2D eigenvalue weighted by atomic mass is 9.80. The summed E-state index contributed by atoms with van der Waals surface area (Å²) in [5, 5.41) is 10.9. The number of aryl methyl sites for hydroxylation is 1. The van der Waals surface area contributed by atoms with E-state index in [4.69, 9.17) is 4.74 Å². The molecule has 3 aliphatic rings. The van der Waals surface area contributed by atoms with Gasteiger partial charge in [0.25, 0.3) is 0 Å². The van der Waals surface area contributed by atoms with Crippen molar-refractivity contribution in [3.8, 4) is 5.75 Å². The molecule has 2 N–H and O–H groups in total. The molecule has 5 rings (SSSR count). The fourth-order valence-electron chi connectivity index (χ4n) is 5.51. The number of nitrogens with zero attached hydrogens (tertiary/aromatic N) is 1. The highest BCUT2D eigenvalue weighted by molar-refractivity contribution is 7.92. The van der Waals surface area contributed by atoms with Crippen molar-refractivity contribution < 1.29 is 18.3 Å². The number of aliphatic hydroxyl groups is 1. The molecule has 1 aliphatic carbocycles. The number of hydrogen-bond donors (Lipinski definition) is 2. The molecule has 2 aliphatic heterocycles. The van der Waals surface area contributed by atoms with E-state index in [0.29, 0.717) is 29.5 Å². The Labute approximate surface area is 196 Å². The van der Waals surface area contributed by atoms with E-state index in [0.717, 1.165) is 45.0 Å². The van der Waals surface area contributed by atoms with E-state index in [1.165, 1.54) is 17.5 Å². The number of benzene rings is 2. The molecular formula is C24H31ClN2O4S. The summed E-state index contributed by atoms with van der Waals surface area (Å²) in [5.41, 5.74) is 3.74. The van der Waals surface area contributed by atoms with E-state index >= 15 is 0 Å². The standard InChI is InChI=1S/C24H30N2O4S.ClH/c1-31(28,29)25-19-7-9-23-21(15-19)22(27)16-24(30-23)10-12-26(13-11-24)20-8-6-17-4-2-3-5-18(17)14-20;/h2-5,7,9,15,20,22,25,27H,6,8,10-14,16H2,1H3;1H. The molecule has 174 valence electrons. The van der Waals surface area contributed by atoms with E-state index in [9.17, 15) is 13.5 Å². The van der Waals surface area contributed by atoms with Gasteiger partial charge in [0.15, 0.2) is 0 Å². The Balaban J connectivity index is 0.00000245. The Morgan fingerprint density at radius 3 is 2.56 bits per heavy atom. The number of sulfonamides is 1. The first-order valence-corrected chi connectivity index (χ1v) is 13.0. The van der Waals surface area contributed by atoms with Crippen LogP contribution in [0.4, 0.5) is 5.69 Å². The molecule has 32 heavy (non-hydrogen) atoms. The number of aliphatic hydroxyl groups excluding tert-OH is 1. The van der Waals surface area contributed by atoms with Crippen LogP contribution in [-0.2, 0) is 22.9 Å². The fraction of sp³-hybridized carbons (Fsp3) is 0.500. The molecule has 2 aromatic rings. The molecule has 6 nitrogen and oxygen atoms in total. The van der Waals surface area contributed by atoms with Crippen LogP contribution in [0.2, 0.25) is 0 Å². The Hall–Kier alpha value is -1.80. The minimum Gasteiger partial charge on any atom is -0.487 e. The van der Waals surface area contributed by atoms with Crippen molar-refractivity contribution >= 4 is 28.1 Å². The van der Waals surface area contributed by atoms with E-state index in [1.54, 1.807) is 18.2 Å². The third kappa shape index (κ3) is 4.76. The molecule has 1 saturated heterocycles. The molecular weight excluding hydrogens is 448 g/mol. The second kappa shape index (κ2) is 8.86. The van der Waals surface area contributed by atoms with Gasteiger partial charge in [-0.3, -0.25) is 9.62 Å². The Morgan fingerprint density at radius 2 is 1.84 bits per heavy atom. The minimum atomic E-state index is -3.36. The predicted molar refractivity (Wildman–Crippen MR) is 128 cm³/mol. The number of halogens is 1. The van der Waals surface area contributed by atoms with Gasteiger partial charge in [-0.25, -0.2) is 8.42 Å². The van der Waals surface area contributed by atoms with Gasteiger partial charge in [-0.15, -0.1) is 12.4 Å².